The Hall–Kier alpha value is -2.37. The summed E-state index contributed by atoms with van der Waals surface area (Å²) in [4.78, 5) is 17.4. The van der Waals surface area contributed by atoms with E-state index < -0.39 is 12.3 Å². The van der Waals surface area contributed by atoms with E-state index in [2.05, 4.69) is 10.3 Å². The van der Waals surface area contributed by atoms with Crippen molar-refractivity contribution in [2.75, 3.05) is 13.3 Å². The van der Waals surface area contributed by atoms with Crippen LogP contribution in [0.2, 0.25) is 0 Å². The molecule has 0 unspecified atom stereocenters. The highest BCUT2D eigenvalue weighted by Crippen LogP contribution is 2.44. The third kappa shape index (κ3) is 4.21. The largest absolute Gasteiger partial charge is 0.491 e. The second kappa shape index (κ2) is 7.57. The van der Waals surface area contributed by atoms with Gasteiger partial charge in [-0.1, -0.05) is 18.9 Å². The first kappa shape index (κ1) is 19.0. The molecule has 2 aliphatic carbocycles. The number of benzene rings is 1. The van der Waals surface area contributed by atoms with Crippen molar-refractivity contribution in [1.82, 2.24) is 14.9 Å². The average Bonchev–Trinajstić information content (AvgIpc) is 3.60. The first-order chi connectivity index (χ1) is 13.5. The van der Waals surface area contributed by atoms with Crippen molar-refractivity contribution in [2.45, 2.75) is 57.5 Å². The van der Waals surface area contributed by atoms with Gasteiger partial charge in [0.25, 0.3) is 5.91 Å². The van der Waals surface area contributed by atoms with Crippen LogP contribution in [0, 0.1) is 12.8 Å². The van der Waals surface area contributed by atoms with Gasteiger partial charge in [-0.15, -0.1) is 0 Å². The lowest BCUT2D eigenvalue weighted by molar-refractivity contribution is 0.0839. The van der Waals surface area contributed by atoms with Gasteiger partial charge in [-0.05, 0) is 62.6 Å². The summed E-state index contributed by atoms with van der Waals surface area (Å²) in [7, 11) is 0. The van der Waals surface area contributed by atoms with Gasteiger partial charge in [-0.3, -0.25) is 4.79 Å². The molecular weight excluding hydrogens is 357 g/mol. The fraction of sp³-hybridized carbons (Fsp3) is 0.545. The summed E-state index contributed by atoms with van der Waals surface area (Å²) in [6.07, 6.45) is 9.28. The van der Waals surface area contributed by atoms with Crippen molar-refractivity contribution in [3.63, 3.8) is 0 Å². The molecule has 2 aliphatic rings. The highest BCUT2D eigenvalue weighted by molar-refractivity contribution is 5.95. The molecule has 2 saturated carbocycles. The maximum absolute atomic E-state index is 13.1. The topological polar surface area (TPSA) is 56.2 Å². The predicted molar refractivity (Wildman–Crippen MR) is 105 cm³/mol. The quantitative estimate of drug-likeness (QED) is 0.699. The van der Waals surface area contributed by atoms with Crippen molar-refractivity contribution in [1.29, 1.82) is 0 Å². The molecule has 0 bridgehead atoms. The van der Waals surface area contributed by atoms with E-state index >= 15 is 0 Å². The summed E-state index contributed by atoms with van der Waals surface area (Å²) in [5.74, 6) is 1.59. The molecule has 4 rings (SSSR count). The molecule has 0 spiro atoms. The Kier molecular flexibility index (Phi) is 5.13. The van der Waals surface area contributed by atoms with Gasteiger partial charge >= 0.3 is 0 Å². The summed E-state index contributed by atoms with van der Waals surface area (Å²) in [6, 6.07) is 5.57. The lowest BCUT2D eigenvalue weighted by atomic mass is 10.0. The molecule has 2 fully saturated rings. The fourth-order valence-electron chi connectivity index (χ4n) is 3.79. The van der Waals surface area contributed by atoms with Gasteiger partial charge in [0.05, 0.1) is 12.0 Å². The maximum Gasteiger partial charge on any atom is 0.253 e. The normalized spacial score (nSPS) is 18.5. The summed E-state index contributed by atoms with van der Waals surface area (Å²) in [5, 5.41) is 3.21. The first-order valence-electron chi connectivity index (χ1n) is 10.1. The zero-order valence-electron chi connectivity index (χ0n) is 16.6. The summed E-state index contributed by atoms with van der Waals surface area (Å²) in [5.41, 5.74) is 2.01. The van der Waals surface area contributed by atoms with E-state index in [4.69, 9.17) is 4.74 Å². The summed E-state index contributed by atoms with van der Waals surface area (Å²) >= 11 is 0. The zero-order chi connectivity index (χ0) is 19.7. The second-order valence-corrected chi connectivity index (χ2v) is 8.36. The number of rotatable bonds is 9. The van der Waals surface area contributed by atoms with Crippen LogP contribution in [0.3, 0.4) is 0 Å². The Bertz CT molecular complexity index is 857. The number of carbonyl (C=O) groups excluding carboxylic acids is 1. The van der Waals surface area contributed by atoms with Gasteiger partial charge in [0.1, 0.15) is 24.7 Å². The molecule has 5 nitrogen and oxygen atoms in total. The molecule has 0 aliphatic heterocycles. The third-order valence-corrected chi connectivity index (χ3v) is 5.68. The molecule has 150 valence electrons. The first-order valence-corrected chi connectivity index (χ1v) is 10.1. The number of aromatic nitrogens is 2. The average molecular weight is 385 g/mol. The van der Waals surface area contributed by atoms with Crippen LogP contribution < -0.4 is 10.1 Å². The van der Waals surface area contributed by atoms with Gasteiger partial charge in [-0.25, -0.2) is 9.37 Å². The Balaban J connectivity index is 1.56. The fourth-order valence-corrected chi connectivity index (χ4v) is 3.79. The van der Waals surface area contributed by atoms with E-state index in [-0.39, 0.29) is 12.5 Å². The molecule has 1 N–H and O–H groups in total. The van der Waals surface area contributed by atoms with Gasteiger partial charge in [0, 0.05) is 11.8 Å². The van der Waals surface area contributed by atoms with Crippen molar-refractivity contribution >= 4 is 5.91 Å². The van der Waals surface area contributed by atoms with Crippen LogP contribution >= 0.6 is 0 Å². The number of alkyl halides is 1. The zero-order valence-corrected chi connectivity index (χ0v) is 16.6. The molecule has 2 aromatic rings. The molecule has 1 aromatic carbocycles. The number of halogens is 1. The third-order valence-electron chi connectivity index (χ3n) is 5.68. The van der Waals surface area contributed by atoms with Gasteiger partial charge in [-0.2, -0.15) is 0 Å². The highest BCUT2D eigenvalue weighted by Gasteiger charge is 2.36. The minimum atomic E-state index is -0.542. The number of hydrogen-bond acceptors (Lipinski definition) is 3. The van der Waals surface area contributed by atoms with E-state index in [0.717, 1.165) is 30.5 Å². The molecule has 1 atom stereocenters. The number of carbonyl (C=O) groups is 1. The van der Waals surface area contributed by atoms with Gasteiger partial charge in [0.2, 0.25) is 0 Å². The molecular formula is C22H28FN3O2. The van der Waals surface area contributed by atoms with E-state index in [1.54, 1.807) is 12.4 Å². The highest BCUT2D eigenvalue weighted by atomic mass is 19.1. The van der Waals surface area contributed by atoms with Crippen LogP contribution in [-0.2, 0) is 5.66 Å². The smallest absolute Gasteiger partial charge is 0.253 e. The molecule has 1 amide bonds. The van der Waals surface area contributed by atoms with Crippen molar-refractivity contribution in [3.05, 3.63) is 47.5 Å². The Morgan fingerprint density at radius 3 is 2.75 bits per heavy atom. The molecule has 6 heteroatoms. The minimum Gasteiger partial charge on any atom is -0.491 e. The molecule has 1 heterocycles. The number of aryl methyl sites for hydroxylation is 1. The van der Waals surface area contributed by atoms with Crippen molar-refractivity contribution < 1.29 is 13.9 Å². The number of imidazole rings is 1. The van der Waals surface area contributed by atoms with E-state index in [1.807, 2.05) is 36.7 Å². The minimum absolute atomic E-state index is 0.0124. The van der Waals surface area contributed by atoms with Crippen molar-refractivity contribution in [2.24, 2.45) is 5.92 Å². The van der Waals surface area contributed by atoms with Gasteiger partial charge < -0.3 is 14.6 Å². The van der Waals surface area contributed by atoms with Gasteiger partial charge in [0.15, 0.2) is 0 Å². The van der Waals surface area contributed by atoms with Crippen LogP contribution in [0.4, 0.5) is 4.39 Å². The van der Waals surface area contributed by atoms with Crippen LogP contribution in [0.1, 0.15) is 66.6 Å². The van der Waals surface area contributed by atoms with E-state index in [9.17, 15) is 9.18 Å². The SMILES string of the molecule is Cc1cn([C@](C)(CC2CC2)NC(=O)c2ccc(C3CC3)c(OCCF)c2)cn1. The van der Waals surface area contributed by atoms with Crippen LogP contribution in [0.5, 0.6) is 5.75 Å². The van der Waals surface area contributed by atoms with Crippen LogP contribution in [-0.4, -0.2) is 28.7 Å². The maximum atomic E-state index is 13.1. The predicted octanol–water partition coefficient (Wildman–Crippen LogP) is 4.32. The Morgan fingerprint density at radius 1 is 1.36 bits per heavy atom. The lowest BCUT2D eigenvalue weighted by Gasteiger charge is -2.32. The molecule has 0 radical (unpaired) electrons. The molecule has 1 aromatic heterocycles. The molecule has 28 heavy (non-hydrogen) atoms. The molecule has 0 saturated heterocycles. The number of amides is 1. The summed E-state index contributed by atoms with van der Waals surface area (Å²) in [6.45, 7) is 3.46. The number of hydrogen-bond donors (Lipinski definition) is 1. The standard InChI is InChI=1S/C22H28FN3O2/c1-15-13-26(14-24-15)22(2,12-16-3-4-16)25-21(27)18-7-8-19(17-5-6-17)20(11-18)28-10-9-23/h7-8,11,13-14,16-17H,3-6,9-10,12H2,1-2H3,(H,25,27)/t22-/m1/s1. The van der Waals surface area contributed by atoms with Crippen molar-refractivity contribution in [3.8, 4) is 5.75 Å². The number of nitrogens with one attached hydrogen (secondary N) is 1. The van der Waals surface area contributed by atoms with Crippen LogP contribution in [0.25, 0.3) is 0 Å². The Labute approximate surface area is 165 Å². The van der Waals surface area contributed by atoms with E-state index in [1.165, 1.54) is 12.8 Å². The summed E-state index contributed by atoms with van der Waals surface area (Å²) < 4.78 is 20.2. The second-order valence-electron chi connectivity index (χ2n) is 8.36. The Morgan fingerprint density at radius 2 is 2.14 bits per heavy atom. The lowest BCUT2D eigenvalue weighted by Crippen LogP contribution is -2.48. The number of ether oxygens (including phenoxy) is 1. The monoisotopic (exact) mass is 385 g/mol. The number of nitrogens with zero attached hydrogens (tertiary/aromatic N) is 2. The van der Waals surface area contributed by atoms with E-state index in [0.29, 0.717) is 23.1 Å². The van der Waals surface area contributed by atoms with Crippen LogP contribution in [0.15, 0.2) is 30.7 Å².